The molecule has 0 aromatic heterocycles. The molecule has 0 spiro atoms. The number of anilines is 1. The van der Waals surface area contributed by atoms with Crippen molar-refractivity contribution in [3.05, 3.63) is 23.3 Å². The number of rotatable bonds is 6. The number of nitrogens with one attached hydrogen (secondary N) is 2. The summed E-state index contributed by atoms with van der Waals surface area (Å²) in [5, 5.41) is 6.19. The van der Waals surface area contributed by atoms with Gasteiger partial charge in [0, 0.05) is 25.8 Å². The van der Waals surface area contributed by atoms with Gasteiger partial charge in [-0.15, -0.1) is 0 Å². The summed E-state index contributed by atoms with van der Waals surface area (Å²) < 4.78 is 26.0. The number of carbonyl (C=O) groups excluding carboxylic acids is 1. The number of amides is 1. The molecule has 6 nitrogen and oxygen atoms in total. The van der Waals surface area contributed by atoms with Crippen molar-refractivity contribution in [1.82, 2.24) is 9.62 Å². The molecule has 0 heterocycles. The standard InChI is InChI=1S/C19H31N3O3S/c1-13-6-8-16(9-7-13)21-19(23)12-20-18-11-17(10-14(2)15(18)3)26(24,25)22(4)5/h10-11,13,16,20H,6-9,12H2,1-5H3,(H,21,23). The van der Waals surface area contributed by atoms with E-state index in [2.05, 4.69) is 17.6 Å². The van der Waals surface area contributed by atoms with Crippen molar-refractivity contribution in [2.75, 3.05) is 26.0 Å². The van der Waals surface area contributed by atoms with Crippen LogP contribution in [0.3, 0.4) is 0 Å². The number of aryl methyl sites for hydroxylation is 1. The van der Waals surface area contributed by atoms with E-state index in [-0.39, 0.29) is 23.4 Å². The van der Waals surface area contributed by atoms with Crippen molar-refractivity contribution in [3.63, 3.8) is 0 Å². The molecule has 26 heavy (non-hydrogen) atoms. The summed E-state index contributed by atoms with van der Waals surface area (Å²) >= 11 is 0. The molecule has 0 saturated heterocycles. The predicted octanol–water partition coefficient (Wildman–Crippen LogP) is 2.66. The first-order chi connectivity index (χ1) is 12.1. The van der Waals surface area contributed by atoms with Gasteiger partial charge in [-0.1, -0.05) is 6.92 Å². The summed E-state index contributed by atoms with van der Waals surface area (Å²) in [6, 6.07) is 3.52. The van der Waals surface area contributed by atoms with Crippen molar-refractivity contribution < 1.29 is 13.2 Å². The summed E-state index contributed by atoms with van der Waals surface area (Å²) in [6.07, 6.45) is 4.37. The average Bonchev–Trinajstić information content (AvgIpc) is 2.57. The Kier molecular flexibility index (Phi) is 6.69. The van der Waals surface area contributed by atoms with Crippen molar-refractivity contribution in [2.45, 2.75) is 57.4 Å². The van der Waals surface area contributed by atoms with Gasteiger partial charge in [0.2, 0.25) is 15.9 Å². The first kappa shape index (κ1) is 20.7. The van der Waals surface area contributed by atoms with Gasteiger partial charge in [0.15, 0.2) is 0 Å². The molecule has 1 amide bonds. The molecule has 0 aliphatic heterocycles. The molecule has 1 aromatic rings. The number of nitrogens with zero attached hydrogens (tertiary/aromatic N) is 1. The maximum absolute atomic E-state index is 12.4. The highest BCUT2D eigenvalue weighted by Crippen LogP contribution is 2.26. The first-order valence-electron chi connectivity index (χ1n) is 9.18. The largest absolute Gasteiger partial charge is 0.376 e. The van der Waals surface area contributed by atoms with E-state index in [1.807, 2.05) is 13.8 Å². The van der Waals surface area contributed by atoms with Crippen LogP contribution in [0.1, 0.15) is 43.7 Å². The number of hydrogen-bond acceptors (Lipinski definition) is 4. The van der Waals surface area contributed by atoms with Gasteiger partial charge in [-0.3, -0.25) is 4.79 Å². The lowest BCUT2D eigenvalue weighted by Gasteiger charge is -2.27. The number of benzene rings is 1. The van der Waals surface area contributed by atoms with Crippen molar-refractivity contribution in [3.8, 4) is 0 Å². The molecule has 0 radical (unpaired) electrons. The average molecular weight is 382 g/mol. The summed E-state index contributed by atoms with van der Waals surface area (Å²) in [6.45, 7) is 6.18. The molecule has 1 fully saturated rings. The van der Waals surface area contributed by atoms with Gasteiger partial charge in [0.05, 0.1) is 11.4 Å². The molecule has 7 heteroatoms. The molecule has 0 bridgehead atoms. The van der Waals surface area contributed by atoms with Crippen molar-refractivity contribution >= 4 is 21.6 Å². The minimum atomic E-state index is -3.51. The highest BCUT2D eigenvalue weighted by atomic mass is 32.2. The third kappa shape index (κ3) is 4.98. The minimum absolute atomic E-state index is 0.0533. The number of carbonyl (C=O) groups is 1. The van der Waals surface area contributed by atoms with E-state index in [4.69, 9.17) is 0 Å². The summed E-state index contributed by atoms with van der Waals surface area (Å²) in [5.41, 5.74) is 2.50. The van der Waals surface area contributed by atoms with E-state index in [0.717, 1.165) is 42.7 Å². The quantitative estimate of drug-likeness (QED) is 0.794. The molecular formula is C19H31N3O3S. The van der Waals surface area contributed by atoms with Crippen LogP contribution in [-0.4, -0.2) is 45.3 Å². The Hall–Kier alpha value is -1.60. The monoisotopic (exact) mass is 381 g/mol. The molecule has 2 N–H and O–H groups in total. The summed E-state index contributed by atoms with van der Waals surface area (Å²) in [5.74, 6) is 0.691. The van der Waals surface area contributed by atoms with Crippen LogP contribution in [0.25, 0.3) is 0 Å². The second-order valence-electron chi connectivity index (χ2n) is 7.58. The summed E-state index contributed by atoms with van der Waals surface area (Å²) in [4.78, 5) is 12.5. The predicted molar refractivity (Wildman–Crippen MR) is 105 cm³/mol. The molecular weight excluding hydrogens is 350 g/mol. The molecule has 146 valence electrons. The molecule has 1 aromatic carbocycles. The topological polar surface area (TPSA) is 78.5 Å². The highest BCUT2D eigenvalue weighted by Gasteiger charge is 2.21. The van der Waals surface area contributed by atoms with E-state index in [1.165, 1.54) is 18.4 Å². The van der Waals surface area contributed by atoms with Crippen LogP contribution < -0.4 is 10.6 Å². The lowest BCUT2D eigenvalue weighted by molar-refractivity contribution is -0.120. The normalized spacial score (nSPS) is 20.8. The molecule has 1 saturated carbocycles. The Morgan fingerprint density at radius 2 is 1.77 bits per heavy atom. The van der Waals surface area contributed by atoms with Gasteiger partial charge in [0.1, 0.15) is 0 Å². The Morgan fingerprint density at radius 3 is 2.35 bits per heavy atom. The van der Waals surface area contributed by atoms with E-state index in [0.29, 0.717) is 5.69 Å². The van der Waals surface area contributed by atoms with Crippen LogP contribution in [0.15, 0.2) is 17.0 Å². The Morgan fingerprint density at radius 1 is 1.15 bits per heavy atom. The Labute approximate surface area is 157 Å². The van der Waals surface area contributed by atoms with Gasteiger partial charge >= 0.3 is 0 Å². The van der Waals surface area contributed by atoms with Crippen LogP contribution in [0, 0.1) is 19.8 Å². The third-order valence-electron chi connectivity index (χ3n) is 5.24. The van der Waals surface area contributed by atoms with Gasteiger partial charge < -0.3 is 10.6 Å². The van der Waals surface area contributed by atoms with Gasteiger partial charge in [0.25, 0.3) is 0 Å². The lowest BCUT2D eigenvalue weighted by Crippen LogP contribution is -2.40. The zero-order valence-electron chi connectivity index (χ0n) is 16.4. The van der Waals surface area contributed by atoms with Gasteiger partial charge in [-0.2, -0.15) is 0 Å². The summed E-state index contributed by atoms with van der Waals surface area (Å²) in [7, 11) is -0.492. The fraction of sp³-hybridized carbons (Fsp3) is 0.632. The Balaban J connectivity index is 2.04. The van der Waals surface area contributed by atoms with E-state index in [9.17, 15) is 13.2 Å². The Bertz CT molecular complexity index is 752. The SMILES string of the molecule is Cc1cc(S(=O)(=O)N(C)C)cc(NCC(=O)NC2CCC(C)CC2)c1C. The van der Waals surface area contributed by atoms with E-state index >= 15 is 0 Å². The van der Waals surface area contributed by atoms with Crippen LogP contribution in [-0.2, 0) is 14.8 Å². The van der Waals surface area contributed by atoms with Crippen molar-refractivity contribution in [2.24, 2.45) is 5.92 Å². The number of sulfonamides is 1. The van der Waals surface area contributed by atoms with Crippen LogP contribution >= 0.6 is 0 Å². The zero-order chi connectivity index (χ0) is 19.5. The van der Waals surface area contributed by atoms with Crippen molar-refractivity contribution in [1.29, 1.82) is 0 Å². The van der Waals surface area contributed by atoms with Crippen LogP contribution in [0.2, 0.25) is 0 Å². The van der Waals surface area contributed by atoms with Gasteiger partial charge in [-0.25, -0.2) is 12.7 Å². The van der Waals surface area contributed by atoms with E-state index in [1.54, 1.807) is 12.1 Å². The highest BCUT2D eigenvalue weighted by molar-refractivity contribution is 7.89. The van der Waals surface area contributed by atoms with E-state index < -0.39 is 10.0 Å². The minimum Gasteiger partial charge on any atom is -0.376 e. The number of hydrogen-bond donors (Lipinski definition) is 2. The smallest absolute Gasteiger partial charge is 0.242 e. The zero-order valence-corrected chi connectivity index (χ0v) is 17.2. The molecule has 0 unspecified atom stereocenters. The third-order valence-corrected chi connectivity index (χ3v) is 7.03. The van der Waals surface area contributed by atoms with Gasteiger partial charge in [-0.05, 0) is 68.7 Å². The first-order valence-corrected chi connectivity index (χ1v) is 10.6. The molecule has 2 rings (SSSR count). The molecule has 1 aliphatic carbocycles. The second kappa shape index (κ2) is 8.39. The fourth-order valence-corrected chi connectivity index (χ4v) is 4.24. The fourth-order valence-electron chi connectivity index (χ4n) is 3.23. The van der Waals surface area contributed by atoms with Crippen LogP contribution in [0.4, 0.5) is 5.69 Å². The van der Waals surface area contributed by atoms with Crippen LogP contribution in [0.5, 0.6) is 0 Å². The molecule has 0 atom stereocenters. The lowest BCUT2D eigenvalue weighted by atomic mass is 9.87. The molecule has 1 aliphatic rings. The maximum Gasteiger partial charge on any atom is 0.242 e. The second-order valence-corrected chi connectivity index (χ2v) is 9.73. The maximum atomic E-state index is 12.4.